The number of nitrogens with zero attached hydrogens (tertiary/aromatic N) is 1. The molecule has 0 bridgehead atoms. The molecule has 0 amide bonds. The Morgan fingerprint density at radius 2 is 2.19 bits per heavy atom. The summed E-state index contributed by atoms with van der Waals surface area (Å²) < 4.78 is 0. The summed E-state index contributed by atoms with van der Waals surface area (Å²) in [6.45, 7) is 6.69. The molecule has 1 fully saturated rings. The molecule has 0 N–H and O–H groups in total. The average Bonchev–Trinajstić information content (AvgIpc) is 2.76. The molecule has 0 spiro atoms. The third kappa shape index (κ3) is 2.86. The SMILES string of the molecule is CC(C)(C)c1csc(CC2CCCC2Br)n1. The van der Waals surface area contributed by atoms with E-state index < -0.39 is 0 Å². The number of halogens is 1. The van der Waals surface area contributed by atoms with E-state index >= 15 is 0 Å². The fourth-order valence-corrected chi connectivity index (χ4v) is 4.09. The van der Waals surface area contributed by atoms with Gasteiger partial charge in [0.2, 0.25) is 0 Å². The normalized spacial score (nSPS) is 26.2. The molecule has 1 heterocycles. The van der Waals surface area contributed by atoms with Gasteiger partial charge in [-0.1, -0.05) is 43.1 Å². The molecule has 90 valence electrons. The summed E-state index contributed by atoms with van der Waals surface area (Å²) in [4.78, 5) is 5.49. The van der Waals surface area contributed by atoms with E-state index in [0.717, 1.165) is 17.2 Å². The van der Waals surface area contributed by atoms with Crippen LogP contribution in [0.3, 0.4) is 0 Å². The molecule has 2 atom stereocenters. The lowest BCUT2D eigenvalue weighted by molar-refractivity contribution is 0.546. The standard InChI is InChI=1S/C13H20BrNS/c1-13(2,3)11-8-16-12(15-11)7-9-5-4-6-10(9)14/h8-10H,4-7H2,1-3H3. The molecule has 3 heteroatoms. The number of hydrogen-bond acceptors (Lipinski definition) is 2. The van der Waals surface area contributed by atoms with Crippen LogP contribution in [0, 0.1) is 5.92 Å². The number of alkyl halides is 1. The second-order valence-electron chi connectivity index (χ2n) is 5.79. The van der Waals surface area contributed by atoms with Gasteiger partial charge in [-0.05, 0) is 18.8 Å². The van der Waals surface area contributed by atoms with E-state index in [4.69, 9.17) is 4.98 Å². The van der Waals surface area contributed by atoms with Gasteiger partial charge in [-0.2, -0.15) is 0 Å². The molecular formula is C13H20BrNS. The van der Waals surface area contributed by atoms with Gasteiger partial charge in [0.25, 0.3) is 0 Å². The van der Waals surface area contributed by atoms with Crippen LogP contribution in [0.5, 0.6) is 0 Å². The van der Waals surface area contributed by atoms with E-state index in [-0.39, 0.29) is 5.41 Å². The van der Waals surface area contributed by atoms with Gasteiger partial charge in [-0.15, -0.1) is 11.3 Å². The average molecular weight is 302 g/mol. The summed E-state index contributed by atoms with van der Waals surface area (Å²) >= 11 is 5.62. The lowest BCUT2D eigenvalue weighted by Crippen LogP contribution is -2.13. The highest BCUT2D eigenvalue weighted by atomic mass is 79.9. The minimum atomic E-state index is 0.193. The van der Waals surface area contributed by atoms with Gasteiger partial charge in [0.1, 0.15) is 0 Å². The second-order valence-corrected chi connectivity index (χ2v) is 7.91. The van der Waals surface area contributed by atoms with E-state index in [1.54, 1.807) is 0 Å². The van der Waals surface area contributed by atoms with Crippen LogP contribution < -0.4 is 0 Å². The molecule has 1 aromatic heterocycles. The maximum atomic E-state index is 4.78. The Hall–Kier alpha value is 0.110. The third-order valence-corrected chi connectivity index (χ3v) is 5.40. The Kier molecular flexibility index (Phi) is 3.75. The van der Waals surface area contributed by atoms with Gasteiger partial charge in [0, 0.05) is 22.0 Å². The first-order valence-electron chi connectivity index (χ1n) is 6.06. The predicted molar refractivity (Wildman–Crippen MR) is 74.6 cm³/mol. The first-order valence-corrected chi connectivity index (χ1v) is 7.85. The van der Waals surface area contributed by atoms with Crippen LogP contribution in [0.1, 0.15) is 50.7 Å². The summed E-state index contributed by atoms with van der Waals surface area (Å²) in [6, 6.07) is 0. The van der Waals surface area contributed by atoms with Crippen molar-refractivity contribution in [1.29, 1.82) is 0 Å². The number of aromatic nitrogens is 1. The largest absolute Gasteiger partial charge is 0.246 e. The van der Waals surface area contributed by atoms with Crippen molar-refractivity contribution in [2.75, 3.05) is 0 Å². The molecule has 1 aromatic rings. The molecular weight excluding hydrogens is 282 g/mol. The molecule has 0 saturated heterocycles. The second kappa shape index (κ2) is 4.77. The van der Waals surface area contributed by atoms with E-state index in [1.165, 1.54) is 30.0 Å². The van der Waals surface area contributed by atoms with Gasteiger partial charge in [0.15, 0.2) is 0 Å². The topological polar surface area (TPSA) is 12.9 Å². The van der Waals surface area contributed by atoms with Crippen molar-refractivity contribution in [2.45, 2.75) is 56.7 Å². The van der Waals surface area contributed by atoms with Crippen LogP contribution in [-0.2, 0) is 11.8 Å². The third-order valence-electron chi connectivity index (χ3n) is 3.32. The highest BCUT2D eigenvalue weighted by Crippen LogP contribution is 2.35. The lowest BCUT2D eigenvalue weighted by atomic mass is 9.93. The molecule has 1 aliphatic rings. The molecule has 2 rings (SSSR count). The van der Waals surface area contributed by atoms with Crippen LogP contribution in [-0.4, -0.2) is 9.81 Å². The number of thiazole rings is 1. The monoisotopic (exact) mass is 301 g/mol. The van der Waals surface area contributed by atoms with Gasteiger partial charge >= 0.3 is 0 Å². The van der Waals surface area contributed by atoms with Crippen molar-refractivity contribution >= 4 is 27.3 Å². The first kappa shape index (κ1) is 12.6. The van der Waals surface area contributed by atoms with Crippen molar-refractivity contribution in [3.05, 3.63) is 16.1 Å². The summed E-state index contributed by atoms with van der Waals surface area (Å²) in [5.41, 5.74) is 1.44. The molecule has 16 heavy (non-hydrogen) atoms. The van der Waals surface area contributed by atoms with E-state index in [9.17, 15) is 0 Å². The maximum absolute atomic E-state index is 4.78. The van der Waals surface area contributed by atoms with Gasteiger partial charge in [0.05, 0.1) is 10.7 Å². The van der Waals surface area contributed by atoms with E-state index in [1.807, 2.05) is 11.3 Å². The van der Waals surface area contributed by atoms with Gasteiger partial charge in [-0.25, -0.2) is 4.98 Å². The van der Waals surface area contributed by atoms with Gasteiger partial charge in [-0.3, -0.25) is 0 Å². The molecule has 1 aliphatic carbocycles. The van der Waals surface area contributed by atoms with Gasteiger partial charge < -0.3 is 0 Å². The summed E-state index contributed by atoms with van der Waals surface area (Å²) in [5.74, 6) is 0.805. The predicted octanol–water partition coefficient (Wildman–Crippen LogP) is 4.55. The van der Waals surface area contributed by atoms with Crippen molar-refractivity contribution in [3.63, 3.8) is 0 Å². The zero-order valence-corrected chi connectivity index (χ0v) is 12.7. The van der Waals surface area contributed by atoms with Crippen LogP contribution in [0.2, 0.25) is 0 Å². The molecule has 1 nitrogen and oxygen atoms in total. The highest BCUT2D eigenvalue weighted by molar-refractivity contribution is 9.09. The lowest BCUT2D eigenvalue weighted by Gasteiger charge is -2.15. The molecule has 0 radical (unpaired) electrons. The van der Waals surface area contributed by atoms with Crippen LogP contribution >= 0.6 is 27.3 Å². The fraction of sp³-hybridized carbons (Fsp3) is 0.769. The molecule has 1 saturated carbocycles. The van der Waals surface area contributed by atoms with Crippen LogP contribution in [0.4, 0.5) is 0 Å². The van der Waals surface area contributed by atoms with Crippen molar-refractivity contribution in [3.8, 4) is 0 Å². The Bertz CT molecular complexity index is 353. The zero-order valence-electron chi connectivity index (χ0n) is 10.3. The summed E-state index contributed by atoms with van der Waals surface area (Å²) in [5, 5.41) is 3.55. The fourth-order valence-electron chi connectivity index (χ4n) is 2.19. The summed E-state index contributed by atoms with van der Waals surface area (Å²) in [6.07, 6.45) is 5.23. The quantitative estimate of drug-likeness (QED) is 0.731. The Labute approximate surface area is 111 Å². The molecule has 0 aromatic carbocycles. The number of hydrogen-bond donors (Lipinski definition) is 0. The maximum Gasteiger partial charge on any atom is 0.0931 e. The molecule has 2 unspecified atom stereocenters. The first-order chi connectivity index (χ1) is 7.47. The van der Waals surface area contributed by atoms with E-state index in [2.05, 4.69) is 42.1 Å². The Morgan fingerprint density at radius 1 is 1.44 bits per heavy atom. The summed E-state index contributed by atoms with van der Waals surface area (Å²) in [7, 11) is 0. The smallest absolute Gasteiger partial charge is 0.0931 e. The van der Waals surface area contributed by atoms with Crippen LogP contribution in [0.15, 0.2) is 5.38 Å². The van der Waals surface area contributed by atoms with Crippen LogP contribution in [0.25, 0.3) is 0 Å². The van der Waals surface area contributed by atoms with E-state index in [0.29, 0.717) is 0 Å². The van der Waals surface area contributed by atoms with Crippen molar-refractivity contribution in [1.82, 2.24) is 4.98 Å². The minimum absolute atomic E-state index is 0.193. The molecule has 0 aliphatic heterocycles. The van der Waals surface area contributed by atoms with Crippen molar-refractivity contribution < 1.29 is 0 Å². The van der Waals surface area contributed by atoms with Crippen molar-refractivity contribution in [2.24, 2.45) is 5.92 Å². The highest BCUT2D eigenvalue weighted by Gasteiger charge is 2.26. The Balaban J connectivity index is 2.03. The minimum Gasteiger partial charge on any atom is -0.246 e. The number of rotatable bonds is 2. The Morgan fingerprint density at radius 3 is 2.69 bits per heavy atom. The zero-order chi connectivity index (χ0) is 11.8.